The van der Waals surface area contributed by atoms with Gasteiger partial charge in [0, 0.05) is 13.2 Å². The third-order valence-corrected chi connectivity index (χ3v) is 6.66. The van der Waals surface area contributed by atoms with Gasteiger partial charge in [0.1, 0.15) is 17.6 Å². The normalized spacial score (nSPS) is 24.3. The van der Waals surface area contributed by atoms with E-state index in [1.165, 1.54) is 0 Å². The van der Waals surface area contributed by atoms with E-state index in [1.54, 1.807) is 14.2 Å². The van der Waals surface area contributed by atoms with Crippen molar-refractivity contribution in [3.8, 4) is 11.5 Å². The average Bonchev–Trinajstić information content (AvgIpc) is 2.89. The SMILES string of the molecule is COc1ccc(COCC2O[C@@H](OCCCCO)C(OCc3ccc(OC)cc3)[C@@H](C)[C@@H]2C)cc1. The number of benzene rings is 2. The van der Waals surface area contributed by atoms with Gasteiger partial charge < -0.3 is 33.5 Å². The van der Waals surface area contributed by atoms with Crippen molar-refractivity contribution in [2.24, 2.45) is 11.8 Å². The minimum atomic E-state index is -0.493. The molecule has 194 valence electrons. The predicted octanol–water partition coefficient (Wildman–Crippen LogP) is 4.59. The molecule has 7 nitrogen and oxygen atoms in total. The van der Waals surface area contributed by atoms with E-state index in [0.717, 1.165) is 29.0 Å². The van der Waals surface area contributed by atoms with Crippen LogP contribution in [-0.2, 0) is 32.2 Å². The van der Waals surface area contributed by atoms with Gasteiger partial charge in [-0.3, -0.25) is 0 Å². The van der Waals surface area contributed by atoms with Gasteiger partial charge in [0.2, 0.25) is 0 Å². The third kappa shape index (κ3) is 8.19. The molecule has 1 heterocycles. The fraction of sp³-hybridized carbons (Fsp3) is 0.571. The Morgan fingerprint density at radius 2 is 1.37 bits per heavy atom. The summed E-state index contributed by atoms with van der Waals surface area (Å²) in [5.74, 6) is 2.08. The molecule has 1 saturated heterocycles. The first-order valence-corrected chi connectivity index (χ1v) is 12.4. The highest BCUT2D eigenvalue weighted by Gasteiger charge is 2.42. The Morgan fingerprint density at radius 1 is 0.771 bits per heavy atom. The summed E-state index contributed by atoms with van der Waals surface area (Å²) in [6.45, 7) is 6.47. The summed E-state index contributed by atoms with van der Waals surface area (Å²) in [5, 5.41) is 9.10. The van der Waals surface area contributed by atoms with Gasteiger partial charge in [0.15, 0.2) is 6.29 Å². The lowest BCUT2D eigenvalue weighted by atomic mass is 9.83. The number of aliphatic hydroxyl groups is 1. The third-order valence-electron chi connectivity index (χ3n) is 6.66. The summed E-state index contributed by atoms with van der Waals surface area (Å²) in [6, 6.07) is 15.7. The van der Waals surface area contributed by atoms with Crippen molar-refractivity contribution in [3.05, 3.63) is 59.7 Å². The standard InChI is InChI=1S/C28H40O7/c1-20-21(2)27(34-18-23-9-13-25(31-4)14-10-23)28(33-16-6-5-15-29)35-26(20)19-32-17-22-7-11-24(30-3)12-8-22/h7-14,20-21,26-29H,5-6,15-19H2,1-4H3/t20-,21-,26?,27?,28+/m0/s1. The fourth-order valence-corrected chi connectivity index (χ4v) is 4.16. The second-order valence-corrected chi connectivity index (χ2v) is 9.05. The number of methoxy groups -OCH3 is 2. The molecule has 1 aliphatic rings. The molecule has 0 aliphatic carbocycles. The van der Waals surface area contributed by atoms with Gasteiger partial charge in [-0.1, -0.05) is 38.1 Å². The molecule has 2 aromatic rings. The zero-order valence-electron chi connectivity index (χ0n) is 21.4. The number of rotatable bonds is 14. The number of hydrogen-bond donors (Lipinski definition) is 1. The fourth-order valence-electron chi connectivity index (χ4n) is 4.16. The Balaban J connectivity index is 1.58. The lowest BCUT2D eigenvalue weighted by Crippen LogP contribution is -2.52. The molecule has 0 saturated carbocycles. The van der Waals surface area contributed by atoms with Gasteiger partial charge >= 0.3 is 0 Å². The minimum Gasteiger partial charge on any atom is -0.497 e. The van der Waals surface area contributed by atoms with Crippen LogP contribution in [-0.4, -0.2) is 57.6 Å². The molecular weight excluding hydrogens is 448 g/mol. The summed E-state index contributed by atoms with van der Waals surface area (Å²) < 4.78 is 35.3. The van der Waals surface area contributed by atoms with Crippen LogP contribution in [0.3, 0.4) is 0 Å². The highest BCUT2D eigenvalue weighted by Crippen LogP contribution is 2.34. The number of ether oxygens (including phenoxy) is 6. The van der Waals surface area contributed by atoms with E-state index in [1.807, 2.05) is 48.5 Å². The molecule has 0 amide bonds. The van der Waals surface area contributed by atoms with E-state index >= 15 is 0 Å². The molecule has 3 rings (SSSR count). The smallest absolute Gasteiger partial charge is 0.184 e. The van der Waals surface area contributed by atoms with Crippen LogP contribution in [0.4, 0.5) is 0 Å². The van der Waals surface area contributed by atoms with E-state index in [2.05, 4.69) is 13.8 Å². The first-order chi connectivity index (χ1) is 17.0. The zero-order valence-corrected chi connectivity index (χ0v) is 21.4. The summed E-state index contributed by atoms with van der Waals surface area (Å²) in [4.78, 5) is 0. The highest BCUT2D eigenvalue weighted by molar-refractivity contribution is 5.27. The summed E-state index contributed by atoms with van der Waals surface area (Å²) in [6.07, 6.45) is 0.660. The summed E-state index contributed by atoms with van der Waals surface area (Å²) >= 11 is 0. The van der Waals surface area contributed by atoms with Gasteiger partial charge in [0.05, 0.1) is 40.1 Å². The van der Waals surface area contributed by atoms with E-state index in [9.17, 15) is 0 Å². The molecule has 0 aromatic heterocycles. The first kappa shape index (κ1) is 27.4. The quantitative estimate of drug-likeness (QED) is 0.390. The van der Waals surface area contributed by atoms with Gasteiger partial charge in [-0.05, 0) is 60.1 Å². The lowest BCUT2D eigenvalue weighted by Gasteiger charge is -2.44. The molecule has 0 radical (unpaired) electrons. The monoisotopic (exact) mass is 488 g/mol. The van der Waals surface area contributed by atoms with Crippen LogP contribution in [0.5, 0.6) is 11.5 Å². The maximum Gasteiger partial charge on any atom is 0.184 e. The minimum absolute atomic E-state index is 0.105. The summed E-state index contributed by atoms with van der Waals surface area (Å²) in [5.41, 5.74) is 2.15. The zero-order chi connectivity index (χ0) is 25.0. The predicted molar refractivity (Wildman–Crippen MR) is 133 cm³/mol. The molecule has 2 aromatic carbocycles. The van der Waals surface area contributed by atoms with Gasteiger partial charge in [-0.2, -0.15) is 0 Å². The van der Waals surface area contributed by atoms with Gasteiger partial charge in [-0.25, -0.2) is 0 Å². The Hall–Kier alpha value is -2.16. The average molecular weight is 489 g/mol. The van der Waals surface area contributed by atoms with Crippen molar-refractivity contribution in [1.82, 2.24) is 0 Å². The Kier molecular flexibility index (Phi) is 11.3. The van der Waals surface area contributed by atoms with Crippen molar-refractivity contribution < 1.29 is 33.5 Å². The number of unbranched alkanes of at least 4 members (excludes halogenated alkanes) is 1. The molecule has 0 spiro atoms. The maximum absolute atomic E-state index is 9.10. The summed E-state index contributed by atoms with van der Waals surface area (Å²) in [7, 11) is 3.31. The Bertz CT molecular complexity index is 837. The van der Waals surface area contributed by atoms with Crippen molar-refractivity contribution in [2.45, 2.75) is 58.4 Å². The van der Waals surface area contributed by atoms with Crippen LogP contribution in [0.15, 0.2) is 48.5 Å². The van der Waals surface area contributed by atoms with Crippen molar-refractivity contribution >= 4 is 0 Å². The second-order valence-electron chi connectivity index (χ2n) is 9.05. The topological polar surface area (TPSA) is 75.6 Å². The molecule has 0 bridgehead atoms. The van der Waals surface area contributed by atoms with Crippen molar-refractivity contribution in [1.29, 1.82) is 0 Å². The van der Waals surface area contributed by atoms with Gasteiger partial charge in [0.25, 0.3) is 0 Å². The van der Waals surface area contributed by atoms with Crippen LogP contribution in [0.25, 0.3) is 0 Å². The van der Waals surface area contributed by atoms with Crippen LogP contribution < -0.4 is 9.47 Å². The van der Waals surface area contributed by atoms with E-state index in [-0.39, 0.29) is 30.7 Å². The van der Waals surface area contributed by atoms with Crippen molar-refractivity contribution in [3.63, 3.8) is 0 Å². The maximum atomic E-state index is 9.10. The molecule has 1 fully saturated rings. The van der Waals surface area contributed by atoms with Crippen LogP contribution in [0, 0.1) is 11.8 Å². The second kappa shape index (κ2) is 14.4. The van der Waals surface area contributed by atoms with E-state index in [0.29, 0.717) is 32.8 Å². The Labute approximate surface area is 209 Å². The Morgan fingerprint density at radius 3 is 1.94 bits per heavy atom. The molecule has 35 heavy (non-hydrogen) atoms. The first-order valence-electron chi connectivity index (χ1n) is 12.4. The highest BCUT2D eigenvalue weighted by atomic mass is 16.7. The van der Waals surface area contributed by atoms with Crippen molar-refractivity contribution in [2.75, 3.05) is 34.0 Å². The molecule has 1 N–H and O–H groups in total. The van der Waals surface area contributed by atoms with Crippen LogP contribution in [0.1, 0.15) is 37.8 Å². The van der Waals surface area contributed by atoms with Crippen LogP contribution in [0.2, 0.25) is 0 Å². The molecule has 1 aliphatic heterocycles. The van der Waals surface area contributed by atoms with Crippen LogP contribution >= 0.6 is 0 Å². The number of aliphatic hydroxyl groups excluding tert-OH is 1. The largest absolute Gasteiger partial charge is 0.497 e. The lowest BCUT2D eigenvalue weighted by molar-refractivity contribution is -0.289. The molecule has 5 atom stereocenters. The van der Waals surface area contributed by atoms with E-state index < -0.39 is 6.29 Å². The van der Waals surface area contributed by atoms with Gasteiger partial charge in [-0.15, -0.1) is 0 Å². The molecule has 7 heteroatoms. The van der Waals surface area contributed by atoms with E-state index in [4.69, 9.17) is 33.5 Å². The number of hydrogen-bond acceptors (Lipinski definition) is 7. The molecular formula is C28H40O7. The molecule has 2 unspecified atom stereocenters.